The van der Waals surface area contributed by atoms with Crippen molar-refractivity contribution in [3.8, 4) is 39.9 Å². The minimum absolute atomic E-state index is 0.337. The number of benzene rings is 2. The molecule has 32 heavy (non-hydrogen) atoms. The van der Waals surface area contributed by atoms with Crippen LogP contribution in [0, 0.1) is 0 Å². The first-order chi connectivity index (χ1) is 15.7. The third kappa shape index (κ3) is 2.96. The number of aromatic nitrogens is 6. The molecule has 0 saturated heterocycles. The standard InChI is InChI=1S/C23H17ClN6O2/c1-31-12-20-27-28-22-16-9-15(24)7-8-18(16)30-13-25-21(19(30)10-29(20)22)23-26-17(11-32-23)14-5-3-2-4-6-14/h2-9,11,13H,10,12H2,1H3. The van der Waals surface area contributed by atoms with Gasteiger partial charge in [-0.25, -0.2) is 9.97 Å². The maximum absolute atomic E-state index is 6.32. The fourth-order valence-electron chi connectivity index (χ4n) is 4.02. The van der Waals surface area contributed by atoms with Gasteiger partial charge in [0.05, 0.1) is 17.9 Å². The Morgan fingerprint density at radius 1 is 1.12 bits per heavy atom. The number of imidazole rings is 1. The van der Waals surface area contributed by atoms with Crippen molar-refractivity contribution in [2.45, 2.75) is 13.2 Å². The van der Waals surface area contributed by atoms with Crippen molar-refractivity contribution in [1.29, 1.82) is 0 Å². The van der Waals surface area contributed by atoms with E-state index >= 15 is 0 Å². The Morgan fingerprint density at radius 2 is 2.00 bits per heavy atom. The number of halogens is 1. The zero-order valence-electron chi connectivity index (χ0n) is 17.1. The second-order valence-electron chi connectivity index (χ2n) is 7.43. The first kappa shape index (κ1) is 19.0. The molecule has 0 saturated carbocycles. The van der Waals surface area contributed by atoms with Crippen molar-refractivity contribution in [1.82, 2.24) is 29.3 Å². The third-order valence-electron chi connectivity index (χ3n) is 5.51. The molecule has 9 heteroatoms. The van der Waals surface area contributed by atoms with E-state index in [0.29, 0.717) is 35.6 Å². The van der Waals surface area contributed by atoms with Crippen molar-refractivity contribution in [2.24, 2.45) is 0 Å². The van der Waals surface area contributed by atoms with Crippen LogP contribution in [0.2, 0.25) is 5.02 Å². The van der Waals surface area contributed by atoms with Crippen molar-refractivity contribution in [3.63, 3.8) is 0 Å². The molecule has 0 fully saturated rings. The second-order valence-corrected chi connectivity index (χ2v) is 7.87. The molecule has 158 valence electrons. The van der Waals surface area contributed by atoms with E-state index in [1.54, 1.807) is 19.7 Å². The summed E-state index contributed by atoms with van der Waals surface area (Å²) in [6.45, 7) is 0.815. The van der Waals surface area contributed by atoms with E-state index in [9.17, 15) is 0 Å². The number of oxazole rings is 1. The van der Waals surface area contributed by atoms with Gasteiger partial charge < -0.3 is 13.7 Å². The van der Waals surface area contributed by atoms with Gasteiger partial charge in [0.25, 0.3) is 0 Å². The molecule has 0 radical (unpaired) electrons. The average molecular weight is 445 g/mol. The fourth-order valence-corrected chi connectivity index (χ4v) is 4.19. The summed E-state index contributed by atoms with van der Waals surface area (Å²) in [6, 6.07) is 15.6. The molecular formula is C23H17ClN6O2. The summed E-state index contributed by atoms with van der Waals surface area (Å²) >= 11 is 6.32. The summed E-state index contributed by atoms with van der Waals surface area (Å²) in [4.78, 5) is 9.36. The van der Waals surface area contributed by atoms with E-state index < -0.39 is 0 Å². The first-order valence-corrected chi connectivity index (χ1v) is 10.4. The van der Waals surface area contributed by atoms with Crippen LogP contribution < -0.4 is 0 Å². The molecule has 3 aromatic heterocycles. The number of rotatable bonds is 4. The molecule has 1 aliphatic heterocycles. The molecule has 0 amide bonds. The van der Waals surface area contributed by atoms with Crippen LogP contribution in [0.5, 0.6) is 0 Å². The zero-order valence-corrected chi connectivity index (χ0v) is 17.8. The van der Waals surface area contributed by atoms with E-state index in [0.717, 1.165) is 34.0 Å². The monoisotopic (exact) mass is 444 g/mol. The van der Waals surface area contributed by atoms with E-state index in [1.807, 2.05) is 57.7 Å². The Kier molecular flexibility index (Phi) is 4.41. The normalized spacial score (nSPS) is 12.2. The van der Waals surface area contributed by atoms with Crippen LogP contribution in [-0.4, -0.2) is 36.4 Å². The van der Waals surface area contributed by atoms with E-state index in [-0.39, 0.29) is 0 Å². The minimum atomic E-state index is 0.337. The molecule has 5 aromatic rings. The van der Waals surface area contributed by atoms with Crippen LogP contribution in [0.4, 0.5) is 0 Å². The molecule has 0 unspecified atom stereocenters. The van der Waals surface area contributed by atoms with Crippen molar-refractivity contribution < 1.29 is 9.15 Å². The largest absolute Gasteiger partial charge is 0.443 e. The lowest BCUT2D eigenvalue weighted by atomic mass is 10.1. The smallest absolute Gasteiger partial charge is 0.247 e. The first-order valence-electron chi connectivity index (χ1n) is 10.0. The highest BCUT2D eigenvalue weighted by molar-refractivity contribution is 6.31. The molecule has 0 bridgehead atoms. The van der Waals surface area contributed by atoms with Crippen LogP contribution in [0.15, 0.2) is 65.5 Å². The molecule has 0 aliphatic carbocycles. The number of methoxy groups -OCH3 is 1. The summed E-state index contributed by atoms with van der Waals surface area (Å²) in [6.07, 6.45) is 3.43. The van der Waals surface area contributed by atoms with Gasteiger partial charge in [-0.3, -0.25) is 4.57 Å². The highest BCUT2D eigenvalue weighted by Gasteiger charge is 2.28. The molecular weight excluding hydrogens is 428 g/mol. The highest BCUT2D eigenvalue weighted by Crippen LogP contribution is 2.36. The molecule has 0 spiro atoms. The van der Waals surface area contributed by atoms with Crippen molar-refractivity contribution in [2.75, 3.05) is 7.11 Å². The maximum Gasteiger partial charge on any atom is 0.247 e. The minimum Gasteiger partial charge on any atom is -0.443 e. The molecule has 0 N–H and O–H groups in total. The highest BCUT2D eigenvalue weighted by atomic mass is 35.5. The predicted octanol–water partition coefficient (Wildman–Crippen LogP) is 4.61. The molecule has 4 heterocycles. The van der Waals surface area contributed by atoms with E-state index in [2.05, 4.69) is 15.2 Å². The van der Waals surface area contributed by atoms with Crippen LogP contribution in [-0.2, 0) is 17.9 Å². The maximum atomic E-state index is 6.32. The summed E-state index contributed by atoms with van der Waals surface area (Å²) in [5, 5.41) is 9.39. The molecule has 6 rings (SSSR count). The van der Waals surface area contributed by atoms with Gasteiger partial charge in [-0.1, -0.05) is 41.9 Å². The fraction of sp³-hybridized carbons (Fsp3) is 0.130. The Morgan fingerprint density at radius 3 is 2.84 bits per heavy atom. The Balaban J connectivity index is 1.53. The van der Waals surface area contributed by atoms with Crippen LogP contribution >= 0.6 is 11.6 Å². The Bertz CT molecular complexity index is 1440. The molecule has 0 atom stereocenters. The van der Waals surface area contributed by atoms with Gasteiger partial charge >= 0.3 is 0 Å². The van der Waals surface area contributed by atoms with Crippen LogP contribution in [0.25, 0.3) is 39.9 Å². The average Bonchev–Trinajstić information content (AvgIpc) is 3.53. The number of fused-ring (bicyclic) bond motifs is 5. The molecule has 2 aromatic carbocycles. The van der Waals surface area contributed by atoms with Crippen LogP contribution in [0.3, 0.4) is 0 Å². The predicted molar refractivity (Wildman–Crippen MR) is 118 cm³/mol. The zero-order chi connectivity index (χ0) is 21.7. The van der Waals surface area contributed by atoms with Gasteiger partial charge in [0.15, 0.2) is 11.6 Å². The lowest BCUT2D eigenvalue weighted by Gasteiger charge is -2.08. The topological polar surface area (TPSA) is 83.8 Å². The Hall–Kier alpha value is -3.75. The van der Waals surface area contributed by atoms with E-state index in [4.69, 9.17) is 25.7 Å². The number of hydrogen-bond acceptors (Lipinski definition) is 6. The summed E-state index contributed by atoms with van der Waals surface area (Å²) in [5.41, 5.74) is 5.09. The quantitative estimate of drug-likeness (QED) is 0.394. The summed E-state index contributed by atoms with van der Waals surface area (Å²) in [5.74, 6) is 1.89. The van der Waals surface area contributed by atoms with Gasteiger partial charge in [-0.15, -0.1) is 10.2 Å². The van der Waals surface area contributed by atoms with Gasteiger partial charge in [0.1, 0.15) is 30.6 Å². The lowest BCUT2D eigenvalue weighted by molar-refractivity contribution is 0.174. The summed E-state index contributed by atoms with van der Waals surface area (Å²) in [7, 11) is 1.64. The van der Waals surface area contributed by atoms with Crippen LogP contribution in [0.1, 0.15) is 11.5 Å². The number of hydrogen-bond donors (Lipinski definition) is 0. The second kappa shape index (κ2) is 7.44. The van der Waals surface area contributed by atoms with Gasteiger partial charge in [0.2, 0.25) is 5.89 Å². The molecule has 8 nitrogen and oxygen atoms in total. The molecule has 1 aliphatic rings. The van der Waals surface area contributed by atoms with Gasteiger partial charge in [-0.2, -0.15) is 0 Å². The SMILES string of the molecule is COCc1nnc2n1Cc1c(-c3nc(-c4ccccc4)co3)ncn1-c1ccc(Cl)cc1-2. The van der Waals surface area contributed by atoms with Gasteiger partial charge in [-0.05, 0) is 18.2 Å². The third-order valence-corrected chi connectivity index (χ3v) is 5.75. The van der Waals surface area contributed by atoms with Crippen molar-refractivity contribution in [3.05, 3.63) is 77.7 Å². The summed E-state index contributed by atoms with van der Waals surface area (Å²) < 4.78 is 15.2. The van der Waals surface area contributed by atoms with Gasteiger partial charge in [0, 0.05) is 23.3 Å². The lowest BCUT2D eigenvalue weighted by Crippen LogP contribution is -2.09. The van der Waals surface area contributed by atoms with E-state index in [1.165, 1.54) is 0 Å². The Labute approximate surface area is 188 Å². The number of ether oxygens (including phenoxy) is 1. The van der Waals surface area contributed by atoms with Crippen molar-refractivity contribution >= 4 is 11.6 Å². The number of nitrogens with zero attached hydrogens (tertiary/aromatic N) is 6.